The molecule has 0 aliphatic carbocycles. The molecule has 90 valence electrons. The quantitative estimate of drug-likeness (QED) is 0.754. The van der Waals surface area contributed by atoms with Crippen LogP contribution in [0.25, 0.3) is 6.08 Å². The Morgan fingerprint density at radius 3 is 2.94 bits per heavy atom. The minimum atomic E-state index is -0.470. The van der Waals surface area contributed by atoms with Gasteiger partial charge in [0.05, 0.1) is 17.0 Å². The molecular weight excluding hydrogens is 216 g/mol. The van der Waals surface area contributed by atoms with E-state index in [-0.39, 0.29) is 5.97 Å². The molecule has 0 saturated heterocycles. The topological polar surface area (TPSA) is 51.2 Å². The molecule has 2 rings (SSSR count). The predicted octanol–water partition coefficient (Wildman–Crippen LogP) is 2.23. The summed E-state index contributed by atoms with van der Waals surface area (Å²) in [6.07, 6.45) is 3.48. The molecule has 0 fully saturated rings. The van der Waals surface area contributed by atoms with Gasteiger partial charge in [0.1, 0.15) is 5.60 Å². The summed E-state index contributed by atoms with van der Waals surface area (Å²) in [6.45, 7) is 6.04. The Labute approximate surface area is 101 Å². The van der Waals surface area contributed by atoms with Crippen molar-refractivity contribution < 1.29 is 9.53 Å². The number of pyridine rings is 1. The molecule has 0 aromatic carbocycles. The summed E-state index contributed by atoms with van der Waals surface area (Å²) in [5.74, 6) is -0.290. The molecule has 0 unspecified atom stereocenters. The van der Waals surface area contributed by atoms with Crippen molar-refractivity contribution in [1.82, 2.24) is 4.98 Å². The number of anilines is 1. The van der Waals surface area contributed by atoms with E-state index in [9.17, 15) is 4.79 Å². The SMILES string of the molecule is CC(C)(C)OC(=O)C1=Cc2ncccc2NC1. The molecular formula is C13H16N2O2. The first-order chi connectivity index (χ1) is 7.96. The van der Waals surface area contributed by atoms with E-state index in [4.69, 9.17) is 4.74 Å². The molecule has 2 heterocycles. The van der Waals surface area contributed by atoms with Crippen LogP contribution in [0.3, 0.4) is 0 Å². The van der Waals surface area contributed by atoms with Crippen LogP contribution >= 0.6 is 0 Å². The Bertz CT molecular complexity index is 473. The Hall–Kier alpha value is -1.84. The van der Waals surface area contributed by atoms with Crippen LogP contribution in [-0.2, 0) is 9.53 Å². The van der Waals surface area contributed by atoms with Gasteiger partial charge in [-0.25, -0.2) is 4.79 Å². The lowest BCUT2D eigenvalue weighted by molar-refractivity contribution is -0.149. The highest BCUT2D eigenvalue weighted by molar-refractivity contribution is 5.96. The molecule has 1 aromatic rings. The van der Waals surface area contributed by atoms with Crippen LogP contribution in [0.5, 0.6) is 0 Å². The Morgan fingerprint density at radius 2 is 2.24 bits per heavy atom. The van der Waals surface area contributed by atoms with Crippen LogP contribution < -0.4 is 5.32 Å². The number of esters is 1. The van der Waals surface area contributed by atoms with Crippen LogP contribution in [0, 0.1) is 0 Å². The fourth-order valence-electron chi connectivity index (χ4n) is 1.56. The summed E-state index contributed by atoms with van der Waals surface area (Å²) < 4.78 is 5.32. The first kappa shape index (κ1) is 11.6. The van der Waals surface area contributed by atoms with Gasteiger partial charge in [-0.2, -0.15) is 0 Å². The molecule has 1 aliphatic rings. The summed E-state index contributed by atoms with van der Waals surface area (Å²) in [6, 6.07) is 3.79. The average Bonchev–Trinajstić information content (AvgIpc) is 2.26. The van der Waals surface area contributed by atoms with Gasteiger partial charge < -0.3 is 10.1 Å². The Morgan fingerprint density at radius 1 is 1.47 bits per heavy atom. The van der Waals surface area contributed by atoms with Crippen LogP contribution in [0.4, 0.5) is 5.69 Å². The molecule has 4 heteroatoms. The van der Waals surface area contributed by atoms with Crippen molar-refractivity contribution in [3.05, 3.63) is 29.6 Å². The molecule has 0 spiro atoms. The van der Waals surface area contributed by atoms with E-state index in [0.717, 1.165) is 11.4 Å². The van der Waals surface area contributed by atoms with Gasteiger partial charge in [-0.15, -0.1) is 0 Å². The number of nitrogens with zero attached hydrogens (tertiary/aromatic N) is 1. The third kappa shape index (κ3) is 2.84. The van der Waals surface area contributed by atoms with Gasteiger partial charge in [0.15, 0.2) is 0 Å². The van der Waals surface area contributed by atoms with Gasteiger partial charge in [0, 0.05) is 12.7 Å². The largest absolute Gasteiger partial charge is 0.457 e. The zero-order valence-corrected chi connectivity index (χ0v) is 10.3. The van der Waals surface area contributed by atoms with Crippen LogP contribution in [-0.4, -0.2) is 23.1 Å². The number of nitrogens with one attached hydrogen (secondary N) is 1. The van der Waals surface area contributed by atoms with Gasteiger partial charge >= 0.3 is 5.97 Å². The van der Waals surface area contributed by atoms with E-state index in [2.05, 4.69) is 10.3 Å². The Balaban J connectivity index is 2.20. The van der Waals surface area contributed by atoms with Crippen LogP contribution in [0.2, 0.25) is 0 Å². The van der Waals surface area contributed by atoms with Crippen molar-refractivity contribution in [2.24, 2.45) is 0 Å². The molecule has 0 amide bonds. The molecule has 1 N–H and O–H groups in total. The van der Waals surface area contributed by atoms with Crippen molar-refractivity contribution >= 4 is 17.7 Å². The first-order valence-electron chi connectivity index (χ1n) is 5.58. The maximum absolute atomic E-state index is 11.9. The highest BCUT2D eigenvalue weighted by Crippen LogP contribution is 2.22. The number of hydrogen-bond donors (Lipinski definition) is 1. The van der Waals surface area contributed by atoms with Crippen LogP contribution in [0.1, 0.15) is 26.5 Å². The fourth-order valence-corrected chi connectivity index (χ4v) is 1.56. The van der Waals surface area contributed by atoms with Crippen molar-refractivity contribution in [3.8, 4) is 0 Å². The number of hydrogen-bond acceptors (Lipinski definition) is 4. The normalized spacial score (nSPS) is 14.4. The monoisotopic (exact) mass is 232 g/mol. The van der Waals surface area contributed by atoms with Crippen molar-refractivity contribution in [3.63, 3.8) is 0 Å². The predicted molar refractivity (Wildman–Crippen MR) is 66.5 cm³/mol. The summed E-state index contributed by atoms with van der Waals surface area (Å²) in [5.41, 5.74) is 1.85. The number of rotatable bonds is 1. The maximum Gasteiger partial charge on any atom is 0.336 e. The van der Waals surface area contributed by atoms with Crippen molar-refractivity contribution in [2.45, 2.75) is 26.4 Å². The summed E-state index contributed by atoms with van der Waals surface area (Å²) in [7, 11) is 0. The lowest BCUT2D eigenvalue weighted by Gasteiger charge is -2.22. The number of carbonyl (C=O) groups is 1. The fraction of sp³-hybridized carbons (Fsp3) is 0.385. The number of ether oxygens (including phenoxy) is 1. The van der Waals surface area contributed by atoms with E-state index in [0.29, 0.717) is 12.1 Å². The minimum absolute atomic E-state index is 0.290. The summed E-state index contributed by atoms with van der Waals surface area (Å²) in [5, 5.41) is 3.15. The average molecular weight is 232 g/mol. The molecule has 0 bridgehead atoms. The molecule has 17 heavy (non-hydrogen) atoms. The molecule has 1 aromatic heterocycles. The lowest BCUT2D eigenvalue weighted by atomic mass is 10.1. The Kier molecular flexibility index (Phi) is 2.88. The van der Waals surface area contributed by atoms with Crippen LogP contribution in [0.15, 0.2) is 23.9 Å². The second-order valence-corrected chi connectivity index (χ2v) is 4.96. The maximum atomic E-state index is 11.9. The molecule has 0 saturated carbocycles. The van der Waals surface area contributed by atoms with E-state index in [1.165, 1.54) is 0 Å². The molecule has 0 radical (unpaired) electrons. The van der Waals surface area contributed by atoms with E-state index in [1.807, 2.05) is 32.9 Å². The minimum Gasteiger partial charge on any atom is -0.457 e. The van der Waals surface area contributed by atoms with Gasteiger partial charge in [-0.3, -0.25) is 4.98 Å². The van der Waals surface area contributed by atoms with Gasteiger partial charge in [-0.1, -0.05) is 0 Å². The van der Waals surface area contributed by atoms with Crippen molar-refractivity contribution in [1.29, 1.82) is 0 Å². The number of fused-ring (bicyclic) bond motifs is 1. The third-order valence-corrected chi connectivity index (χ3v) is 2.28. The van der Waals surface area contributed by atoms with Gasteiger partial charge in [0.25, 0.3) is 0 Å². The molecule has 0 atom stereocenters. The zero-order chi connectivity index (χ0) is 12.5. The van der Waals surface area contributed by atoms with E-state index < -0.39 is 5.60 Å². The third-order valence-electron chi connectivity index (χ3n) is 2.28. The van der Waals surface area contributed by atoms with Gasteiger partial charge in [0.2, 0.25) is 0 Å². The standard InChI is InChI=1S/C13H16N2O2/c1-13(2,3)17-12(16)9-7-11-10(15-8-9)5-4-6-14-11/h4-7,15H,8H2,1-3H3. The van der Waals surface area contributed by atoms with E-state index >= 15 is 0 Å². The van der Waals surface area contributed by atoms with Crippen molar-refractivity contribution in [2.75, 3.05) is 11.9 Å². The smallest absolute Gasteiger partial charge is 0.336 e. The zero-order valence-electron chi connectivity index (χ0n) is 10.3. The number of carbonyl (C=O) groups excluding carboxylic acids is 1. The summed E-state index contributed by atoms with van der Waals surface area (Å²) >= 11 is 0. The highest BCUT2D eigenvalue weighted by Gasteiger charge is 2.22. The van der Waals surface area contributed by atoms with Gasteiger partial charge in [-0.05, 0) is 39.0 Å². The van der Waals surface area contributed by atoms with E-state index in [1.54, 1.807) is 12.3 Å². The highest BCUT2D eigenvalue weighted by atomic mass is 16.6. The number of aromatic nitrogens is 1. The first-order valence-corrected chi connectivity index (χ1v) is 5.58. The second kappa shape index (κ2) is 4.20. The second-order valence-electron chi connectivity index (χ2n) is 4.96. The lowest BCUT2D eigenvalue weighted by Crippen LogP contribution is -2.28. The molecule has 1 aliphatic heterocycles. The summed E-state index contributed by atoms with van der Waals surface area (Å²) in [4.78, 5) is 16.1. The molecule has 4 nitrogen and oxygen atoms in total.